The zero-order chi connectivity index (χ0) is 57.9. The molecule has 0 atom stereocenters. The monoisotopic (exact) mass is 1100 g/mol. The van der Waals surface area contributed by atoms with Crippen LogP contribution in [-0.2, 0) is 0 Å². The van der Waals surface area contributed by atoms with E-state index in [-0.39, 0.29) is 0 Å². The molecule has 0 amide bonds. The normalized spacial score (nSPS) is 10.6. The predicted molar refractivity (Wildman–Crippen MR) is 355 cm³/mol. The van der Waals surface area contributed by atoms with Crippen LogP contribution in [0.15, 0.2) is 109 Å². The van der Waals surface area contributed by atoms with Crippen molar-refractivity contribution in [2.45, 2.75) is 221 Å². The Morgan fingerprint density at radius 3 is 0.744 bits per heavy atom. The fourth-order valence-electron chi connectivity index (χ4n) is 10.1. The van der Waals surface area contributed by atoms with Crippen LogP contribution in [-0.4, -0.2) is 39.4 Å². The molecule has 0 unspecified atom stereocenters. The molecule has 438 valence electrons. The molecular formula is C78H104N2O2. The number of hydrogen-bond donors (Lipinski definition) is 0. The molecule has 0 fully saturated rings. The van der Waals surface area contributed by atoms with Crippen LogP contribution in [0.4, 0.5) is 11.4 Å². The number of ether oxygens (including phenoxy) is 2. The summed E-state index contributed by atoms with van der Waals surface area (Å²) in [6.45, 7) is 19.4. The van der Waals surface area contributed by atoms with Crippen LogP contribution >= 0.6 is 0 Å². The lowest BCUT2D eigenvalue weighted by molar-refractivity contribution is 0.295. The summed E-state index contributed by atoms with van der Waals surface area (Å²) in [5.74, 6) is 29.0. The molecule has 0 aliphatic carbocycles. The smallest absolute Gasteiger partial charge is 0.136 e. The van der Waals surface area contributed by atoms with Crippen LogP contribution in [0.2, 0.25) is 0 Å². The van der Waals surface area contributed by atoms with Crippen molar-refractivity contribution in [1.29, 1.82) is 0 Å². The number of hydrogen-bond acceptors (Lipinski definition) is 4. The van der Waals surface area contributed by atoms with Gasteiger partial charge in [0, 0.05) is 83.1 Å². The van der Waals surface area contributed by atoms with Crippen molar-refractivity contribution in [3.05, 3.63) is 154 Å². The van der Waals surface area contributed by atoms with Gasteiger partial charge in [-0.1, -0.05) is 230 Å². The third-order valence-corrected chi connectivity index (χ3v) is 15.3. The predicted octanol–water partition coefficient (Wildman–Crippen LogP) is 20.7. The van der Waals surface area contributed by atoms with E-state index in [0.29, 0.717) is 13.2 Å². The highest BCUT2D eigenvalue weighted by atomic mass is 16.5. The number of unbranched alkanes of at least 4 members (excludes halogenated alkanes) is 22. The lowest BCUT2D eigenvalue weighted by atomic mass is 10.1. The summed E-state index contributed by atoms with van der Waals surface area (Å²) < 4.78 is 13.2. The van der Waals surface area contributed by atoms with Gasteiger partial charge in [0.15, 0.2) is 0 Å². The molecule has 0 radical (unpaired) electrons. The van der Waals surface area contributed by atoms with Crippen molar-refractivity contribution in [2.75, 3.05) is 49.2 Å². The minimum atomic E-state index is 0.626. The maximum Gasteiger partial charge on any atom is 0.136 e. The average molecular weight is 1100 g/mol. The van der Waals surface area contributed by atoms with E-state index >= 15 is 0 Å². The molecule has 0 saturated heterocycles. The molecule has 5 aromatic rings. The second kappa shape index (κ2) is 42.4. The van der Waals surface area contributed by atoms with Crippen LogP contribution in [0, 0.1) is 47.4 Å². The molecule has 0 saturated carbocycles. The molecular weight excluding hydrogens is 997 g/mol. The molecule has 0 bridgehead atoms. The zero-order valence-corrected chi connectivity index (χ0v) is 52.1. The average Bonchev–Trinajstić information content (AvgIpc) is 3.52. The summed E-state index contributed by atoms with van der Waals surface area (Å²) >= 11 is 0. The molecule has 5 aromatic carbocycles. The molecule has 0 aromatic heterocycles. The maximum atomic E-state index is 6.61. The maximum absolute atomic E-state index is 6.61. The number of nitrogens with zero attached hydrogens (tertiary/aromatic N) is 2. The van der Waals surface area contributed by atoms with Crippen molar-refractivity contribution in [2.24, 2.45) is 0 Å². The lowest BCUT2D eigenvalue weighted by Gasteiger charge is -2.25. The Bertz CT molecular complexity index is 2530. The van der Waals surface area contributed by atoms with Gasteiger partial charge in [0.2, 0.25) is 0 Å². The van der Waals surface area contributed by atoms with Gasteiger partial charge < -0.3 is 19.3 Å². The molecule has 0 N–H and O–H groups in total. The second-order valence-electron chi connectivity index (χ2n) is 22.5. The lowest BCUT2D eigenvalue weighted by Crippen LogP contribution is -2.25. The minimum Gasteiger partial charge on any atom is -0.492 e. The van der Waals surface area contributed by atoms with E-state index in [9.17, 15) is 0 Å². The summed E-state index contributed by atoms with van der Waals surface area (Å²) in [7, 11) is 0. The summed E-state index contributed by atoms with van der Waals surface area (Å²) in [6, 6.07) is 38.4. The summed E-state index contributed by atoms with van der Waals surface area (Å²) in [6.07, 6.45) is 34.8. The molecule has 4 nitrogen and oxygen atoms in total. The molecule has 0 heterocycles. The van der Waals surface area contributed by atoms with Crippen LogP contribution in [0.3, 0.4) is 0 Å². The van der Waals surface area contributed by atoms with Gasteiger partial charge in [-0.25, -0.2) is 0 Å². The van der Waals surface area contributed by atoms with Gasteiger partial charge in [0.25, 0.3) is 0 Å². The summed E-state index contributed by atoms with van der Waals surface area (Å²) in [5.41, 5.74) is 10.0. The largest absolute Gasteiger partial charge is 0.492 e. The molecule has 0 aliphatic heterocycles. The van der Waals surface area contributed by atoms with Crippen LogP contribution in [0.25, 0.3) is 0 Å². The molecule has 5 rings (SSSR count). The van der Waals surface area contributed by atoms with Crippen molar-refractivity contribution < 1.29 is 9.47 Å². The fourth-order valence-corrected chi connectivity index (χ4v) is 10.1. The second-order valence-corrected chi connectivity index (χ2v) is 22.5. The highest BCUT2D eigenvalue weighted by molar-refractivity contribution is 5.61. The van der Waals surface area contributed by atoms with Gasteiger partial charge in [-0.3, -0.25) is 0 Å². The highest BCUT2D eigenvalue weighted by Crippen LogP contribution is 2.30. The SMILES string of the molecule is CCCCCCCCOc1cc(C#Cc2ccc(C#Cc3ccc(N(CCCCCC)CCCCCC)cc3)cc2)c(OCCCCCCCC)cc1C#Cc1ccc(C#Cc2ccc(N(CCCCCC)CCCCCC)cc2)cc1. The van der Waals surface area contributed by atoms with Crippen molar-refractivity contribution in [3.8, 4) is 58.9 Å². The number of anilines is 2. The minimum absolute atomic E-state index is 0.626. The van der Waals surface area contributed by atoms with Crippen LogP contribution < -0.4 is 19.3 Å². The Kier molecular flexibility index (Phi) is 34.3. The standard InChI is InChI=1S/C78H104N2O2/c1-7-13-19-25-27-33-63-81-77-65-74(54-48-70-43-37-68(38-44-70)40-46-72-51-57-76(58-52-72)80(61-31-23-17-11-5)62-32-24-18-12-6)78(82-64-34-28-26-20-14-8-2)66-73(77)53-47-69-41-35-67(36-42-69)39-45-71-49-55-75(56-50-71)79(59-29-21-15-9-3)60-30-22-16-10-4/h35-38,41-44,49-52,55-58,65-66H,7-34,59-64H2,1-6H3. The third-order valence-electron chi connectivity index (χ3n) is 15.3. The topological polar surface area (TPSA) is 24.9 Å². The van der Waals surface area contributed by atoms with Gasteiger partial charge in [0.05, 0.1) is 24.3 Å². The van der Waals surface area contributed by atoms with E-state index in [2.05, 4.69) is 208 Å². The van der Waals surface area contributed by atoms with Crippen molar-refractivity contribution in [1.82, 2.24) is 0 Å². The Balaban J connectivity index is 1.34. The fraction of sp³-hybridized carbons (Fsp3) is 0.513. The van der Waals surface area contributed by atoms with Gasteiger partial charge in [-0.05, 0) is 136 Å². The third kappa shape index (κ3) is 27.1. The van der Waals surface area contributed by atoms with Crippen molar-refractivity contribution >= 4 is 11.4 Å². The highest BCUT2D eigenvalue weighted by Gasteiger charge is 2.13. The van der Waals surface area contributed by atoms with E-state index in [1.54, 1.807) is 0 Å². The Morgan fingerprint density at radius 2 is 0.476 bits per heavy atom. The Morgan fingerprint density at radius 1 is 0.256 bits per heavy atom. The molecule has 82 heavy (non-hydrogen) atoms. The van der Waals surface area contributed by atoms with Crippen LogP contribution in [0.1, 0.15) is 266 Å². The van der Waals surface area contributed by atoms with E-state index in [1.807, 2.05) is 0 Å². The first-order valence-corrected chi connectivity index (χ1v) is 32.9. The first-order chi connectivity index (χ1) is 40.5. The zero-order valence-electron chi connectivity index (χ0n) is 52.1. The molecule has 0 spiro atoms. The molecule has 4 heteroatoms. The van der Waals surface area contributed by atoms with Gasteiger partial charge in [-0.15, -0.1) is 0 Å². The van der Waals surface area contributed by atoms with E-state index in [0.717, 1.165) is 108 Å². The van der Waals surface area contributed by atoms with E-state index in [4.69, 9.17) is 9.47 Å². The van der Waals surface area contributed by atoms with Gasteiger partial charge in [-0.2, -0.15) is 0 Å². The molecule has 0 aliphatic rings. The number of rotatable bonds is 38. The number of benzene rings is 5. The first kappa shape index (κ1) is 66.3. The van der Waals surface area contributed by atoms with E-state index < -0.39 is 0 Å². The summed E-state index contributed by atoms with van der Waals surface area (Å²) in [4.78, 5) is 5.16. The quantitative estimate of drug-likeness (QED) is 0.0290. The first-order valence-electron chi connectivity index (χ1n) is 32.9. The van der Waals surface area contributed by atoms with Crippen LogP contribution in [0.5, 0.6) is 11.5 Å². The van der Waals surface area contributed by atoms with Gasteiger partial charge in [0.1, 0.15) is 11.5 Å². The Labute approximate surface area is 501 Å². The van der Waals surface area contributed by atoms with E-state index in [1.165, 1.54) is 165 Å². The Hall–Kier alpha value is -6.46. The van der Waals surface area contributed by atoms with Gasteiger partial charge >= 0.3 is 0 Å². The van der Waals surface area contributed by atoms with Crippen molar-refractivity contribution in [3.63, 3.8) is 0 Å². The summed E-state index contributed by atoms with van der Waals surface area (Å²) in [5, 5.41) is 0.